The van der Waals surface area contributed by atoms with E-state index in [1.54, 1.807) is 18.2 Å². The molecule has 3 N–H and O–H groups in total. The number of para-hydroxylation sites is 1. The van der Waals surface area contributed by atoms with Crippen LogP contribution in [0.15, 0.2) is 54.7 Å². The fourth-order valence-electron chi connectivity index (χ4n) is 4.19. The highest BCUT2D eigenvalue weighted by molar-refractivity contribution is 6.00. The highest BCUT2D eigenvalue weighted by atomic mass is 19.4. The van der Waals surface area contributed by atoms with Gasteiger partial charge in [0.25, 0.3) is 5.91 Å². The third-order valence-corrected chi connectivity index (χ3v) is 5.96. The number of carbonyl (C=O) groups is 1. The number of nitrogens with one attached hydrogen (secondary N) is 3. The van der Waals surface area contributed by atoms with E-state index in [1.807, 2.05) is 0 Å². The normalized spacial score (nSPS) is 11.3. The first-order chi connectivity index (χ1) is 18.2. The van der Waals surface area contributed by atoms with E-state index in [9.17, 15) is 22.4 Å². The summed E-state index contributed by atoms with van der Waals surface area (Å²) in [6, 6.07) is 10.9. The van der Waals surface area contributed by atoms with Crippen molar-refractivity contribution in [2.24, 2.45) is 0 Å². The molecule has 0 saturated heterocycles. The van der Waals surface area contributed by atoms with Crippen LogP contribution in [0.4, 0.5) is 28.9 Å². The number of hydrogen-bond donors (Lipinski definition) is 3. The van der Waals surface area contributed by atoms with Gasteiger partial charge in [0.1, 0.15) is 5.82 Å². The molecule has 11 heteroatoms. The number of fused-ring (bicyclic) bond motifs is 1. The predicted molar refractivity (Wildman–Crippen MR) is 135 cm³/mol. The molecule has 0 spiro atoms. The van der Waals surface area contributed by atoms with Crippen molar-refractivity contribution in [3.63, 3.8) is 0 Å². The van der Waals surface area contributed by atoms with Gasteiger partial charge < -0.3 is 29.8 Å². The molecule has 1 heterocycles. The van der Waals surface area contributed by atoms with Gasteiger partial charge in [-0.1, -0.05) is 12.1 Å². The molecular formula is C27H25F4N3O4. The van der Waals surface area contributed by atoms with Crippen LogP contribution in [0.25, 0.3) is 10.9 Å². The van der Waals surface area contributed by atoms with Gasteiger partial charge >= 0.3 is 6.18 Å². The summed E-state index contributed by atoms with van der Waals surface area (Å²) in [5, 5.41) is 6.20. The monoisotopic (exact) mass is 531 g/mol. The van der Waals surface area contributed by atoms with Crippen molar-refractivity contribution in [1.29, 1.82) is 0 Å². The molecule has 1 amide bonds. The zero-order chi connectivity index (χ0) is 27.4. The van der Waals surface area contributed by atoms with Crippen molar-refractivity contribution >= 4 is 28.2 Å². The van der Waals surface area contributed by atoms with Gasteiger partial charge in [0, 0.05) is 35.9 Å². The maximum absolute atomic E-state index is 14.1. The Hall–Kier alpha value is -4.41. The highest BCUT2D eigenvalue weighted by Gasteiger charge is 2.33. The van der Waals surface area contributed by atoms with Crippen LogP contribution in [0.1, 0.15) is 21.5 Å². The number of aromatic nitrogens is 1. The minimum Gasteiger partial charge on any atom is -0.493 e. The largest absolute Gasteiger partial charge is 0.493 e. The lowest BCUT2D eigenvalue weighted by Crippen LogP contribution is -2.26. The smallest absolute Gasteiger partial charge is 0.418 e. The van der Waals surface area contributed by atoms with Crippen molar-refractivity contribution in [3.05, 3.63) is 77.2 Å². The Morgan fingerprint density at radius 1 is 0.974 bits per heavy atom. The fourth-order valence-corrected chi connectivity index (χ4v) is 4.19. The topological polar surface area (TPSA) is 84.6 Å². The Morgan fingerprint density at radius 3 is 2.32 bits per heavy atom. The van der Waals surface area contributed by atoms with Crippen molar-refractivity contribution < 1.29 is 36.6 Å². The lowest BCUT2D eigenvalue weighted by atomic mass is 10.1. The number of H-pyrrole nitrogens is 1. The molecule has 0 atom stereocenters. The van der Waals surface area contributed by atoms with Crippen LogP contribution in [0.2, 0.25) is 0 Å². The van der Waals surface area contributed by atoms with E-state index < -0.39 is 23.5 Å². The van der Waals surface area contributed by atoms with Crippen molar-refractivity contribution in [2.45, 2.75) is 12.6 Å². The van der Waals surface area contributed by atoms with E-state index >= 15 is 0 Å². The second-order valence-electron chi connectivity index (χ2n) is 8.27. The van der Waals surface area contributed by atoms with Gasteiger partial charge in [-0.3, -0.25) is 4.79 Å². The highest BCUT2D eigenvalue weighted by Crippen LogP contribution is 2.41. The fraction of sp³-hybridized carbons (Fsp3) is 0.222. The maximum atomic E-state index is 14.1. The summed E-state index contributed by atoms with van der Waals surface area (Å²) in [6.45, 7) is 0.142. The molecule has 0 aliphatic carbocycles. The zero-order valence-corrected chi connectivity index (χ0v) is 20.8. The van der Waals surface area contributed by atoms with E-state index in [-0.39, 0.29) is 29.7 Å². The standard InChI is InChI=1S/C27H25F4N3O4/c1-36-22-12-17(13-23(37-2)25(22)38-3)34-21-11-16(28)7-8-19(21)26(35)32-10-9-15-14-33-24-18(15)5-4-6-20(24)27(29,30)31/h4-8,11-14,33-34H,9-10H2,1-3H3,(H,32,35). The number of benzene rings is 3. The minimum absolute atomic E-state index is 0.00306. The number of alkyl halides is 3. The zero-order valence-electron chi connectivity index (χ0n) is 20.8. The summed E-state index contributed by atoms with van der Waals surface area (Å²) in [4.78, 5) is 15.7. The molecule has 4 aromatic rings. The molecule has 3 aromatic carbocycles. The second kappa shape index (κ2) is 10.9. The first-order valence-electron chi connectivity index (χ1n) is 11.5. The van der Waals surface area contributed by atoms with E-state index in [0.29, 0.717) is 33.9 Å². The Balaban J connectivity index is 1.52. The van der Waals surface area contributed by atoms with Crippen LogP contribution in [0.5, 0.6) is 17.2 Å². The molecule has 0 aliphatic rings. The van der Waals surface area contributed by atoms with E-state index in [4.69, 9.17) is 14.2 Å². The number of hydrogen-bond acceptors (Lipinski definition) is 5. The first-order valence-corrected chi connectivity index (χ1v) is 11.5. The third-order valence-electron chi connectivity index (χ3n) is 5.96. The third kappa shape index (κ3) is 5.46. The molecule has 7 nitrogen and oxygen atoms in total. The quantitative estimate of drug-likeness (QED) is 0.229. The molecule has 0 aliphatic heterocycles. The molecule has 0 unspecified atom stereocenters. The summed E-state index contributed by atoms with van der Waals surface area (Å²) in [5.74, 6) is 0.0530. The molecule has 1 aromatic heterocycles. The van der Waals surface area contributed by atoms with Gasteiger partial charge in [0.2, 0.25) is 5.75 Å². The number of methoxy groups -OCH3 is 3. The summed E-state index contributed by atoms with van der Waals surface area (Å²) in [5.41, 5.74) is 0.688. The van der Waals surface area contributed by atoms with Crippen LogP contribution in [-0.2, 0) is 12.6 Å². The number of halogens is 4. The molecular weight excluding hydrogens is 506 g/mol. The van der Waals surface area contributed by atoms with Gasteiger partial charge in [0.05, 0.1) is 43.7 Å². The van der Waals surface area contributed by atoms with E-state index in [2.05, 4.69) is 15.6 Å². The summed E-state index contributed by atoms with van der Waals surface area (Å²) < 4.78 is 70.0. The van der Waals surface area contributed by atoms with Crippen LogP contribution in [-0.4, -0.2) is 38.8 Å². The Kier molecular flexibility index (Phi) is 7.65. The number of rotatable bonds is 9. The Bertz CT molecular complexity index is 1440. The van der Waals surface area contributed by atoms with E-state index in [1.165, 1.54) is 45.7 Å². The van der Waals surface area contributed by atoms with Crippen molar-refractivity contribution in [3.8, 4) is 17.2 Å². The van der Waals surface area contributed by atoms with Crippen molar-refractivity contribution in [1.82, 2.24) is 10.3 Å². The SMILES string of the molecule is COc1cc(Nc2cc(F)ccc2C(=O)NCCc2c[nH]c3c(C(F)(F)F)cccc23)cc(OC)c1OC. The number of carbonyl (C=O) groups excluding carboxylic acids is 1. The first kappa shape index (κ1) is 26.6. The van der Waals surface area contributed by atoms with Crippen molar-refractivity contribution in [2.75, 3.05) is 33.2 Å². The lowest BCUT2D eigenvalue weighted by molar-refractivity contribution is -0.136. The lowest BCUT2D eigenvalue weighted by Gasteiger charge is -2.17. The molecule has 0 fully saturated rings. The predicted octanol–water partition coefficient (Wildman–Crippen LogP) is 6.07. The number of amides is 1. The average Bonchev–Trinajstić information content (AvgIpc) is 3.30. The van der Waals surface area contributed by atoms with Crippen LogP contribution in [0, 0.1) is 5.82 Å². The summed E-state index contributed by atoms with van der Waals surface area (Å²) >= 11 is 0. The summed E-state index contributed by atoms with van der Waals surface area (Å²) in [7, 11) is 4.38. The van der Waals surface area contributed by atoms with Crippen LogP contribution in [0.3, 0.4) is 0 Å². The molecule has 0 bridgehead atoms. The maximum Gasteiger partial charge on any atom is 0.418 e. The van der Waals surface area contributed by atoms with Crippen LogP contribution < -0.4 is 24.8 Å². The minimum atomic E-state index is -4.49. The van der Waals surface area contributed by atoms with Gasteiger partial charge in [-0.2, -0.15) is 13.2 Å². The average molecular weight is 532 g/mol. The Labute approximate surface area is 215 Å². The molecule has 4 rings (SSSR count). The molecule has 200 valence electrons. The van der Waals surface area contributed by atoms with Gasteiger partial charge in [0.15, 0.2) is 11.5 Å². The number of anilines is 2. The molecule has 0 radical (unpaired) electrons. The van der Waals surface area contributed by atoms with E-state index in [0.717, 1.165) is 12.1 Å². The molecule has 0 saturated carbocycles. The summed E-state index contributed by atoms with van der Waals surface area (Å²) in [6.07, 6.45) is -2.70. The Morgan fingerprint density at radius 2 is 1.68 bits per heavy atom. The van der Waals surface area contributed by atoms with Crippen LogP contribution >= 0.6 is 0 Å². The number of aromatic amines is 1. The van der Waals surface area contributed by atoms with Gasteiger partial charge in [-0.15, -0.1) is 0 Å². The van der Waals surface area contributed by atoms with Gasteiger partial charge in [-0.25, -0.2) is 4.39 Å². The second-order valence-corrected chi connectivity index (χ2v) is 8.27. The number of ether oxygens (including phenoxy) is 3. The molecule has 38 heavy (non-hydrogen) atoms. The van der Waals surface area contributed by atoms with Gasteiger partial charge in [-0.05, 0) is 36.2 Å².